The first-order valence-corrected chi connectivity index (χ1v) is 11.7. The molecule has 9 nitrogen and oxygen atoms in total. The topological polar surface area (TPSA) is 127 Å². The molecule has 0 fully saturated rings. The van der Waals surface area contributed by atoms with Gasteiger partial charge in [0.1, 0.15) is 0 Å². The minimum Gasteiger partial charge on any atom is -0.337 e. The molecule has 10 heteroatoms. The van der Waals surface area contributed by atoms with E-state index in [0.29, 0.717) is 16.7 Å². The van der Waals surface area contributed by atoms with Gasteiger partial charge in [0.2, 0.25) is 0 Å². The minimum absolute atomic E-state index is 0.0293. The number of nitrogens with one attached hydrogen (secondary N) is 2. The first kappa shape index (κ1) is 21.3. The summed E-state index contributed by atoms with van der Waals surface area (Å²) < 4.78 is 28.6. The Morgan fingerprint density at radius 2 is 1.41 bits per heavy atom. The van der Waals surface area contributed by atoms with E-state index in [2.05, 4.69) is 20.0 Å². The minimum atomic E-state index is -4.18. The second kappa shape index (κ2) is 8.41. The van der Waals surface area contributed by atoms with Gasteiger partial charge >= 0.3 is 0 Å². The maximum Gasteiger partial charge on any atom is 0.270 e. The predicted molar refractivity (Wildman–Crippen MR) is 131 cm³/mol. The van der Waals surface area contributed by atoms with E-state index in [0.717, 1.165) is 16.8 Å². The highest BCUT2D eigenvalue weighted by molar-refractivity contribution is 7.92. The summed E-state index contributed by atoms with van der Waals surface area (Å²) in [6.45, 7) is 0. The summed E-state index contributed by atoms with van der Waals surface area (Å²) in [7, 11) is -4.18. The van der Waals surface area contributed by atoms with Crippen molar-refractivity contribution in [2.75, 3.05) is 10.0 Å². The van der Waals surface area contributed by atoms with Crippen molar-refractivity contribution in [2.24, 2.45) is 0 Å². The summed E-state index contributed by atoms with van der Waals surface area (Å²) in [5.74, 6) is 0.168. The Balaban J connectivity index is 1.57. The van der Waals surface area contributed by atoms with E-state index >= 15 is 0 Å². The quantitative estimate of drug-likeness (QED) is 0.256. The van der Waals surface area contributed by atoms with Gasteiger partial charge in [0, 0.05) is 17.8 Å². The fraction of sp³-hybridized carbons (Fsp3) is 0. The molecule has 0 aliphatic rings. The summed E-state index contributed by atoms with van der Waals surface area (Å²) in [4.78, 5) is 19.2. The number of hydrogen-bond donors (Lipinski definition) is 2. The van der Waals surface area contributed by atoms with Crippen molar-refractivity contribution in [3.8, 4) is 0 Å². The standard InChI is InChI=1S/C24H17N5O4S/c30-29(31)19-8-5-9-20(15-19)34(32,33)28-24-23(26-21-10-3-4-11-22(21)27-24)25-18-13-12-16-6-1-2-7-17(16)14-18/h1-15H,(H,25,26)(H,27,28). The number of fused-ring (bicyclic) bond motifs is 2. The average Bonchev–Trinajstić information content (AvgIpc) is 2.84. The third-order valence-electron chi connectivity index (χ3n) is 5.15. The molecule has 0 aliphatic carbocycles. The number of non-ortho nitro benzene ring substituents is 1. The van der Waals surface area contributed by atoms with Gasteiger partial charge in [-0.2, -0.15) is 0 Å². The number of rotatable bonds is 6. The van der Waals surface area contributed by atoms with Crippen molar-refractivity contribution in [2.45, 2.75) is 4.90 Å². The van der Waals surface area contributed by atoms with E-state index in [-0.39, 0.29) is 22.2 Å². The van der Waals surface area contributed by atoms with E-state index < -0.39 is 14.9 Å². The molecule has 34 heavy (non-hydrogen) atoms. The fourth-order valence-electron chi connectivity index (χ4n) is 3.51. The molecule has 0 atom stereocenters. The molecule has 1 heterocycles. The number of aromatic nitrogens is 2. The molecular formula is C24H17N5O4S. The Morgan fingerprint density at radius 3 is 2.15 bits per heavy atom. The lowest BCUT2D eigenvalue weighted by Gasteiger charge is -2.14. The second-order valence-corrected chi connectivity index (χ2v) is 9.14. The number of sulfonamides is 1. The van der Waals surface area contributed by atoms with Gasteiger partial charge in [-0.05, 0) is 41.1 Å². The first-order valence-electron chi connectivity index (χ1n) is 10.2. The average molecular weight is 471 g/mol. The highest BCUT2D eigenvalue weighted by Gasteiger charge is 2.21. The second-order valence-electron chi connectivity index (χ2n) is 7.46. The number of nitro benzene ring substituents is 1. The maximum absolute atomic E-state index is 13.1. The van der Waals surface area contributed by atoms with Crippen LogP contribution in [0.4, 0.5) is 23.0 Å². The van der Waals surface area contributed by atoms with E-state index in [1.807, 2.05) is 48.5 Å². The molecule has 5 rings (SSSR count). The van der Waals surface area contributed by atoms with Gasteiger partial charge < -0.3 is 5.32 Å². The Morgan fingerprint density at radius 1 is 0.735 bits per heavy atom. The SMILES string of the molecule is O=[N+]([O-])c1cccc(S(=O)(=O)Nc2nc3ccccc3nc2Nc2ccc3ccccc3c2)c1. The van der Waals surface area contributed by atoms with Gasteiger partial charge in [0.25, 0.3) is 15.7 Å². The Hall–Kier alpha value is -4.57. The van der Waals surface area contributed by atoms with Crippen molar-refractivity contribution >= 4 is 54.8 Å². The lowest BCUT2D eigenvalue weighted by Crippen LogP contribution is -2.16. The van der Waals surface area contributed by atoms with Crippen LogP contribution in [0.2, 0.25) is 0 Å². The van der Waals surface area contributed by atoms with Crippen LogP contribution in [0.5, 0.6) is 0 Å². The van der Waals surface area contributed by atoms with Crippen molar-refractivity contribution in [1.82, 2.24) is 9.97 Å². The van der Waals surface area contributed by atoms with Gasteiger partial charge in [-0.15, -0.1) is 0 Å². The first-order chi connectivity index (χ1) is 16.4. The van der Waals surface area contributed by atoms with Crippen LogP contribution in [0.1, 0.15) is 0 Å². The lowest BCUT2D eigenvalue weighted by molar-refractivity contribution is -0.385. The van der Waals surface area contributed by atoms with E-state index in [4.69, 9.17) is 0 Å². The molecule has 5 aromatic rings. The largest absolute Gasteiger partial charge is 0.337 e. The van der Waals surface area contributed by atoms with Gasteiger partial charge in [-0.1, -0.05) is 48.5 Å². The summed E-state index contributed by atoms with van der Waals surface area (Å²) in [5.41, 5.74) is 1.42. The Bertz CT molecular complexity index is 1670. The van der Waals surface area contributed by atoms with Crippen molar-refractivity contribution in [3.05, 3.63) is 101 Å². The van der Waals surface area contributed by atoms with Gasteiger partial charge in [-0.3, -0.25) is 14.8 Å². The van der Waals surface area contributed by atoms with Gasteiger partial charge in [0.05, 0.1) is 20.9 Å². The number of nitrogens with zero attached hydrogens (tertiary/aromatic N) is 3. The van der Waals surface area contributed by atoms with Crippen molar-refractivity contribution in [3.63, 3.8) is 0 Å². The number of para-hydroxylation sites is 2. The number of hydrogen-bond acceptors (Lipinski definition) is 7. The molecule has 0 saturated heterocycles. The molecule has 0 aliphatic heterocycles. The lowest BCUT2D eigenvalue weighted by atomic mass is 10.1. The fourth-order valence-corrected chi connectivity index (χ4v) is 4.56. The summed E-state index contributed by atoms with van der Waals surface area (Å²) >= 11 is 0. The molecule has 2 N–H and O–H groups in total. The zero-order valence-corrected chi connectivity index (χ0v) is 18.4. The molecule has 0 bridgehead atoms. The highest BCUT2D eigenvalue weighted by atomic mass is 32.2. The predicted octanol–water partition coefficient (Wildman–Crippen LogP) is 5.24. The van der Waals surface area contributed by atoms with Crippen LogP contribution in [-0.4, -0.2) is 23.3 Å². The molecule has 1 aromatic heterocycles. The van der Waals surface area contributed by atoms with Crippen LogP contribution < -0.4 is 10.0 Å². The Kier molecular flexibility index (Phi) is 5.27. The van der Waals surface area contributed by atoms with E-state index in [1.165, 1.54) is 18.2 Å². The maximum atomic E-state index is 13.1. The third-order valence-corrected chi connectivity index (χ3v) is 6.49. The normalized spacial score (nSPS) is 11.4. The van der Waals surface area contributed by atoms with Crippen LogP contribution in [0.25, 0.3) is 21.8 Å². The van der Waals surface area contributed by atoms with Crippen LogP contribution in [0.15, 0.2) is 95.9 Å². The molecule has 0 radical (unpaired) electrons. The molecule has 0 amide bonds. The molecule has 4 aromatic carbocycles. The zero-order chi connectivity index (χ0) is 23.7. The molecule has 0 unspecified atom stereocenters. The van der Waals surface area contributed by atoms with E-state index in [9.17, 15) is 18.5 Å². The van der Waals surface area contributed by atoms with Crippen LogP contribution in [0.3, 0.4) is 0 Å². The van der Waals surface area contributed by atoms with Crippen LogP contribution in [-0.2, 0) is 10.0 Å². The number of benzene rings is 4. The van der Waals surface area contributed by atoms with E-state index in [1.54, 1.807) is 18.2 Å². The molecular weight excluding hydrogens is 454 g/mol. The smallest absolute Gasteiger partial charge is 0.270 e. The summed E-state index contributed by atoms with van der Waals surface area (Å²) in [6.07, 6.45) is 0. The number of anilines is 3. The molecule has 0 saturated carbocycles. The Labute approximate surface area is 194 Å². The monoisotopic (exact) mass is 471 g/mol. The van der Waals surface area contributed by atoms with Crippen molar-refractivity contribution in [1.29, 1.82) is 0 Å². The number of nitro groups is 1. The van der Waals surface area contributed by atoms with Gasteiger partial charge in [0.15, 0.2) is 11.6 Å². The van der Waals surface area contributed by atoms with Crippen molar-refractivity contribution < 1.29 is 13.3 Å². The summed E-state index contributed by atoms with van der Waals surface area (Å²) in [6, 6.07) is 25.4. The van der Waals surface area contributed by atoms with Crippen LogP contribution >= 0.6 is 0 Å². The van der Waals surface area contributed by atoms with Crippen LogP contribution in [0, 0.1) is 10.1 Å². The molecule has 168 valence electrons. The summed E-state index contributed by atoms with van der Waals surface area (Å²) in [5, 5.41) is 16.3. The third kappa shape index (κ3) is 4.21. The zero-order valence-electron chi connectivity index (χ0n) is 17.5. The highest BCUT2D eigenvalue weighted by Crippen LogP contribution is 2.29. The van der Waals surface area contributed by atoms with Gasteiger partial charge in [-0.25, -0.2) is 18.4 Å². The molecule has 0 spiro atoms.